The van der Waals surface area contributed by atoms with Crippen molar-refractivity contribution in [2.75, 3.05) is 26.6 Å². The fourth-order valence-corrected chi connectivity index (χ4v) is 2.99. The largest absolute Gasteiger partial charge is 0.495 e. The van der Waals surface area contributed by atoms with Crippen LogP contribution in [0.3, 0.4) is 0 Å². The molecule has 0 aromatic heterocycles. The van der Waals surface area contributed by atoms with Crippen LogP contribution in [-0.2, 0) is 4.79 Å². The molecule has 0 heterocycles. The molecule has 7 heteroatoms. The van der Waals surface area contributed by atoms with E-state index in [1.165, 1.54) is 14.2 Å². The van der Waals surface area contributed by atoms with E-state index in [-0.39, 0.29) is 5.70 Å². The van der Waals surface area contributed by atoms with Crippen molar-refractivity contribution in [2.45, 2.75) is 0 Å². The van der Waals surface area contributed by atoms with E-state index in [0.29, 0.717) is 34.1 Å². The average Bonchev–Trinajstić information content (AvgIpc) is 2.84. The summed E-state index contributed by atoms with van der Waals surface area (Å²) in [5, 5.41) is 5.49. The first-order valence-corrected chi connectivity index (χ1v) is 9.80. The number of methoxy groups -OCH3 is 3. The van der Waals surface area contributed by atoms with Crippen molar-refractivity contribution in [1.29, 1.82) is 0 Å². The van der Waals surface area contributed by atoms with E-state index in [2.05, 4.69) is 10.6 Å². The summed E-state index contributed by atoms with van der Waals surface area (Å²) < 4.78 is 15.9. The van der Waals surface area contributed by atoms with Crippen LogP contribution in [-0.4, -0.2) is 33.1 Å². The maximum absolute atomic E-state index is 13.1. The fourth-order valence-electron chi connectivity index (χ4n) is 2.99. The third kappa shape index (κ3) is 5.46. The van der Waals surface area contributed by atoms with Crippen LogP contribution in [0.25, 0.3) is 6.08 Å². The molecule has 7 nitrogen and oxygen atoms in total. The minimum atomic E-state index is -0.506. The van der Waals surface area contributed by atoms with Crippen LogP contribution in [0.2, 0.25) is 0 Å². The zero-order valence-electron chi connectivity index (χ0n) is 18.0. The lowest BCUT2D eigenvalue weighted by molar-refractivity contribution is -0.113. The van der Waals surface area contributed by atoms with Crippen LogP contribution in [0.4, 0.5) is 5.69 Å². The summed E-state index contributed by atoms with van der Waals surface area (Å²) in [5.41, 5.74) is 1.60. The van der Waals surface area contributed by atoms with E-state index in [1.807, 2.05) is 6.07 Å². The Labute approximate surface area is 186 Å². The molecule has 0 atom stereocenters. The maximum Gasteiger partial charge on any atom is 0.272 e. The van der Waals surface area contributed by atoms with Crippen LogP contribution < -0.4 is 24.8 Å². The lowest BCUT2D eigenvalue weighted by Gasteiger charge is -2.14. The summed E-state index contributed by atoms with van der Waals surface area (Å²) >= 11 is 0. The first kappa shape index (κ1) is 22.4. The molecule has 0 aliphatic heterocycles. The Morgan fingerprint density at radius 1 is 0.750 bits per heavy atom. The molecule has 32 heavy (non-hydrogen) atoms. The van der Waals surface area contributed by atoms with Crippen molar-refractivity contribution in [1.82, 2.24) is 5.32 Å². The Kier molecular flexibility index (Phi) is 7.48. The molecule has 2 amide bonds. The smallest absolute Gasteiger partial charge is 0.272 e. The van der Waals surface area contributed by atoms with Crippen molar-refractivity contribution in [3.63, 3.8) is 0 Å². The molecule has 0 saturated heterocycles. The molecule has 0 fully saturated rings. The quantitative estimate of drug-likeness (QED) is 0.523. The van der Waals surface area contributed by atoms with Gasteiger partial charge in [-0.25, -0.2) is 0 Å². The van der Waals surface area contributed by atoms with Crippen LogP contribution in [0, 0.1) is 0 Å². The number of para-hydroxylation sites is 2. The van der Waals surface area contributed by atoms with Gasteiger partial charge in [0.15, 0.2) is 11.5 Å². The SMILES string of the molecule is COc1ccccc1NC(=O)/C(=C\c1ccc(OC)c(OC)c1)NC(=O)c1ccccc1. The highest BCUT2D eigenvalue weighted by atomic mass is 16.5. The summed E-state index contributed by atoms with van der Waals surface area (Å²) in [6.07, 6.45) is 1.56. The molecule has 0 aliphatic carbocycles. The Morgan fingerprint density at radius 2 is 1.41 bits per heavy atom. The highest BCUT2D eigenvalue weighted by Crippen LogP contribution is 2.29. The average molecular weight is 432 g/mol. The van der Waals surface area contributed by atoms with Crippen molar-refractivity contribution in [3.8, 4) is 17.2 Å². The summed E-state index contributed by atoms with van der Waals surface area (Å²) in [4.78, 5) is 25.9. The molecule has 3 aromatic carbocycles. The molecule has 2 N–H and O–H groups in total. The molecule has 3 aromatic rings. The lowest BCUT2D eigenvalue weighted by atomic mass is 10.1. The monoisotopic (exact) mass is 432 g/mol. The van der Waals surface area contributed by atoms with E-state index in [9.17, 15) is 9.59 Å². The van der Waals surface area contributed by atoms with Gasteiger partial charge < -0.3 is 24.8 Å². The summed E-state index contributed by atoms with van der Waals surface area (Å²) in [5.74, 6) is 0.639. The predicted molar refractivity (Wildman–Crippen MR) is 123 cm³/mol. The molecular weight excluding hydrogens is 408 g/mol. The summed E-state index contributed by atoms with van der Waals surface area (Å²) in [6.45, 7) is 0. The van der Waals surface area contributed by atoms with Crippen molar-refractivity contribution >= 4 is 23.6 Å². The van der Waals surface area contributed by atoms with E-state index in [1.54, 1.807) is 79.9 Å². The van der Waals surface area contributed by atoms with Gasteiger partial charge in [-0.05, 0) is 48.0 Å². The van der Waals surface area contributed by atoms with Gasteiger partial charge in [0.2, 0.25) is 0 Å². The first-order chi connectivity index (χ1) is 15.5. The Balaban J connectivity index is 1.96. The Morgan fingerprint density at radius 3 is 2.09 bits per heavy atom. The van der Waals surface area contributed by atoms with Gasteiger partial charge in [-0.1, -0.05) is 36.4 Å². The number of nitrogens with one attached hydrogen (secondary N) is 2. The minimum absolute atomic E-state index is 0.0528. The Hall–Kier alpha value is -4.26. The van der Waals surface area contributed by atoms with E-state index in [4.69, 9.17) is 14.2 Å². The van der Waals surface area contributed by atoms with Crippen molar-refractivity contribution in [3.05, 3.63) is 89.6 Å². The number of anilines is 1. The number of rotatable bonds is 8. The van der Waals surface area contributed by atoms with Gasteiger partial charge >= 0.3 is 0 Å². The second kappa shape index (κ2) is 10.7. The van der Waals surface area contributed by atoms with E-state index >= 15 is 0 Å². The zero-order valence-corrected chi connectivity index (χ0v) is 18.0. The van der Waals surface area contributed by atoms with Crippen LogP contribution >= 0.6 is 0 Å². The van der Waals surface area contributed by atoms with Crippen LogP contribution in [0.15, 0.2) is 78.5 Å². The number of carbonyl (C=O) groups is 2. The number of amides is 2. The number of hydrogen-bond donors (Lipinski definition) is 2. The predicted octanol–water partition coefficient (Wildman–Crippen LogP) is 4.12. The van der Waals surface area contributed by atoms with Crippen LogP contribution in [0.5, 0.6) is 17.2 Å². The number of ether oxygens (including phenoxy) is 3. The van der Waals surface area contributed by atoms with Gasteiger partial charge in [-0.2, -0.15) is 0 Å². The zero-order chi connectivity index (χ0) is 22.9. The molecule has 0 saturated carbocycles. The van der Waals surface area contributed by atoms with E-state index in [0.717, 1.165) is 0 Å². The molecule has 0 spiro atoms. The molecule has 0 radical (unpaired) electrons. The Bertz CT molecular complexity index is 1130. The second-order valence-electron chi connectivity index (χ2n) is 6.65. The molecule has 0 bridgehead atoms. The minimum Gasteiger partial charge on any atom is -0.495 e. The molecule has 3 rings (SSSR count). The second-order valence-corrected chi connectivity index (χ2v) is 6.65. The lowest BCUT2D eigenvalue weighted by Crippen LogP contribution is -2.30. The van der Waals surface area contributed by atoms with Gasteiger partial charge in [0.1, 0.15) is 11.4 Å². The normalized spacial score (nSPS) is 10.8. The van der Waals surface area contributed by atoms with Crippen LogP contribution in [0.1, 0.15) is 15.9 Å². The third-order valence-corrected chi connectivity index (χ3v) is 4.60. The maximum atomic E-state index is 13.1. The number of benzene rings is 3. The van der Waals surface area contributed by atoms with Gasteiger partial charge in [0, 0.05) is 5.56 Å². The van der Waals surface area contributed by atoms with Crippen molar-refractivity contribution in [2.24, 2.45) is 0 Å². The summed E-state index contributed by atoms with van der Waals surface area (Å²) in [6, 6.07) is 20.9. The molecular formula is C25H24N2O5. The number of hydrogen-bond acceptors (Lipinski definition) is 5. The van der Waals surface area contributed by atoms with Gasteiger partial charge in [0.25, 0.3) is 11.8 Å². The standard InChI is InChI=1S/C25H24N2O5/c1-30-21-12-8-7-11-19(21)26-25(29)20(27-24(28)18-9-5-4-6-10-18)15-17-13-14-22(31-2)23(16-17)32-3/h4-16H,1-3H3,(H,26,29)(H,27,28)/b20-15+. The highest BCUT2D eigenvalue weighted by molar-refractivity contribution is 6.11. The topological polar surface area (TPSA) is 85.9 Å². The molecule has 0 aliphatic rings. The van der Waals surface area contributed by atoms with E-state index < -0.39 is 11.8 Å². The third-order valence-electron chi connectivity index (χ3n) is 4.60. The van der Waals surface area contributed by atoms with Gasteiger partial charge in [-0.15, -0.1) is 0 Å². The first-order valence-electron chi connectivity index (χ1n) is 9.80. The van der Waals surface area contributed by atoms with Gasteiger partial charge in [0.05, 0.1) is 27.0 Å². The van der Waals surface area contributed by atoms with Gasteiger partial charge in [-0.3, -0.25) is 9.59 Å². The number of carbonyl (C=O) groups excluding carboxylic acids is 2. The highest BCUT2D eigenvalue weighted by Gasteiger charge is 2.17. The van der Waals surface area contributed by atoms with Crippen molar-refractivity contribution < 1.29 is 23.8 Å². The molecule has 0 unspecified atom stereocenters. The fraction of sp³-hybridized carbons (Fsp3) is 0.120. The molecule has 164 valence electrons. The summed E-state index contributed by atoms with van der Waals surface area (Å²) in [7, 11) is 4.58.